The molecule has 0 aliphatic rings. The first-order valence-corrected chi connectivity index (χ1v) is 16.6. The Balaban J connectivity index is 2.66. The number of carbonyl (C=O) groups is 2. The summed E-state index contributed by atoms with van der Waals surface area (Å²) >= 11 is 3.49. The van der Waals surface area contributed by atoms with Gasteiger partial charge in [-0.15, -0.1) is 0 Å². The van der Waals surface area contributed by atoms with Crippen LogP contribution in [-0.4, -0.2) is 46.7 Å². The summed E-state index contributed by atoms with van der Waals surface area (Å²) < 4.78 is 24.3. The van der Waals surface area contributed by atoms with E-state index in [1.807, 2.05) is 51.1 Å². The Bertz CT molecular complexity index is 1190. The molecular formula is C29H43BrN2O6Si. The highest BCUT2D eigenvalue weighted by Gasteiger charge is 2.38. The lowest BCUT2D eigenvalue weighted by Crippen LogP contribution is -2.44. The third kappa shape index (κ3) is 8.98. The molecule has 1 atom stereocenters. The molecule has 39 heavy (non-hydrogen) atoms. The molecule has 0 radical (unpaired) electrons. The minimum absolute atomic E-state index is 0.0102. The van der Waals surface area contributed by atoms with E-state index in [4.69, 9.17) is 18.6 Å². The molecule has 2 N–H and O–H groups in total. The fourth-order valence-corrected chi connectivity index (χ4v) is 4.92. The maximum Gasteiger partial charge on any atom is 0.408 e. The highest BCUT2D eigenvalue weighted by Crippen LogP contribution is 2.43. The summed E-state index contributed by atoms with van der Waals surface area (Å²) in [6, 6.07) is 8.88. The van der Waals surface area contributed by atoms with Gasteiger partial charge >= 0.3 is 6.09 Å². The van der Waals surface area contributed by atoms with Crippen LogP contribution in [0.2, 0.25) is 18.1 Å². The van der Waals surface area contributed by atoms with Crippen molar-refractivity contribution in [1.29, 1.82) is 0 Å². The highest BCUT2D eigenvalue weighted by molar-refractivity contribution is 9.10. The molecule has 0 aliphatic heterocycles. The van der Waals surface area contributed by atoms with Crippen molar-refractivity contribution in [2.24, 2.45) is 0 Å². The first-order valence-electron chi connectivity index (χ1n) is 12.9. The zero-order valence-corrected chi connectivity index (χ0v) is 27.6. The summed E-state index contributed by atoms with van der Waals surface area (Å²) in [5.41, 5.74) is 2.25. The smallest absolute Gasteiger partial charge is 0.408 e. The van der Waals surface area contributed by atoms with E-state index in [-0.39, 0.29) is 17.6 Å². The van der Waals surface area contributed by atoms with E-state index >= 15 is 0 Å². The SMILES string of the molecule is COc1cc([C@H](CO[Si](C)(C)C(C)(C)C)NC(=O)OC(C)(C)C)cc(-c2ccc(Br)c(NC(C)=O)c2)c1OC. The average Bonchev–Trinajstić information content (AvgIpc) is 2.80. The quantitative estimate of drug-likeness (QED) is 0.278. The van der Waals surface area contributed by atoms with E-state index in [1.165, 1.54) is 6.92 Å². The summed E-state index contributed by atoms with van der Waals surface area (Å²) in [7, 11) is 1.00. The minimum Gasteiger partial charge on any atom is -0.493 e. The van der Waals surface area contributed by atoms with Crippen molar-refractivity contribution in [3.05, 3.63) is 40.4 Å². The maximum absolute atomic E-state index is 12.9. The Labute approximate surface area is 242 Å². The van der Waals surface area contributed by atoms with Gasteiger partial charge in [-0.1, -0.05) is 26.8 Å². The number of hydrogen-bond donors (Lipinski definition) is 2. The van der Waals surface area contributed by atoms with E-state index in [0.29, 0.717) is 17.2 Å². The van der Waals surface area contributed by atoms with Gasteiger partial charge in [-0.3, -0.25) is 4.79 Å². The molecule has 0 unspecified atom stereocenters. The molecular weight excluding hydrogens is 580 g/mol. The van der Waals surface area contributed by atoms with Crippen molar-refractivity contribution in [2.75, 3.05) is 26.1 Å². The highest BCUT2D eigenvalue weighted by atomic mass is 79.9. The van der Waals surface area contributed by atoms with Crippen LogP contribution in [0.5, 0.6) is 11.5 Å². The van der Waals surface area contributed by atoms with E-state index in [2.05, 4.69) is 60.4 Å². The molecule has 2 amide bonds. The summed E-state index contributed by atoms with van der Waals surface area (Å²) in [6.07, 6.45) is -0.542. The monoisotopic (exact) mass is 622 g/mol. The standard InChI is InChI=1S/C29H43BrN2O6Si/c1-18(33)31-23-15-19(12-13-22(23)30)21-14-20(16-25(35-8)26(21)36-9)24(32-27(34)38-28(2,3)4)17-37-39(10,11)29(5,6)7/h12-16,24H,17H2,1-11H3,(H,31,33)(H,32,34)/t24-/m0/s1. The van der Waals surface area contributed by atoms with Crippen molar-refractivity contribution in [3.8, 4) is 22.6 Å². The summed E-state index contributed by atoms with van der Waals surface area (Å²) in [6.45, 7) is 18.0. The second-order valence-corrected chi connectivity index (χ2v) is 17.6. The summed E-state index contributed by atoms with van der Waals surface area (Å²) in [5, 5.41) is 5.83. The number of amides is 2. The van der Waals surface area contributed by atoms with Crippen LogP contribution in [0.25, 0.3) is 11.1 Å². The molecule has 0 aromatic heterocycles. The van der Waals surface area contributed by atoms with E-state index in [9.17, 15) is 9.59 Å². The van der Waals surface area contributed by atoms with Crippen LogP contribution < -0.4 is 20.1 Å². The molecule has 10 heteroatoms. The van der Waals surface area contributed by atoms with Crippen molar-refractivity contribution in [1.82, 2.24) is 5.32 Å². The van der Waals surface area contributed by atoms with Crippen LogP contribution >= 0.6 is 15.9 Å². The van der Waals surface area contributed by atoms with Crippen molar-refractivity contribution < 1.29 is 28.2 Å². The fourth-order valence-electron chi connectivity index (χ4n) is 3.56. The predicted molar refractivity (Wildman–Crippen MR) is 162 cm³/mol. The largest absolute Gasteiger partial charge is 0.493 e. The van der Waals surface area contributed by atoms with Crippen LogP contribution in [0.3, 0.4) is 0 Å². The van der Waals surface area contributed by atoms with Gasteiger partial charge < -0.3 is 29.3 Å². The van der Waals surface area contributed by atoms with Gasteiger partial charge in [0, 0.05) is 17.0 Å². The van der Waals surface area contributed by atoms with Crippen LogP contribution in [-0.2, 0) is 14.0 Å². The number of rotatable bonds is 9. The van der Waals surface area contributed by atoms with Gasteiger partial charge in [0.2, 0.25) is 5.91 Å². The van der Waals surface area contributed by atoms with Gasteiger partial charge in [-0.2, -0.15) is 0 Å². The lowest BCUT2D eigenvalue weighted by Gasteiger charge is -2.37. The van der Waals surface area contributed by atoms with Gasteiger partial charge in [-0.25, -0.2) is 4.79 Å². The van der Waals surface area contributed by atoms with Crippen molar-refractivity contribution in [3.63, 3.8) is 0 Å². The Morgan fingerprint density at radius 2 is 1.64 bits per heavy atom. The zero-order chi connectivity index (χ0) is 29.8. The first-order chi connectivity index (χ1) is 17.9. The fraction of sp³-hybridized carbons (Fsp3) is 0.517. The predicted octanol–water partition coefficient (Wildman–Crippen LogP) is 7.68. The van der Waals surface area contributed by atoms with Gasteiger partial charge in [0.05, 0.1) is 32.6 Å². The maximum atomic E-state index is 12.9. The normalized spacial score (nSPS) is 12.9. The second kappa shape index (κ2) is 12.7. The van der Waals surface area contributed by atoms with Gasteiger partial charge in [0.25, 0.3) is 0 Å². The van der Waals surface area contributed by atoms with Crippen molar-refractivity contribution in [2.45, 2.75) is 78.2 Å². The third-order valence-corrected chi connectivity index (χ3v) is 11.8. The molecule has 0 saturated heterocycles. The summed E-state index contributed by atoms with van der Waals surface area (Å²) in [4.78, 5) is 24.7. The van der Waals surface area contributed by atoms with Gasteiger partial charge in [0.1, 0.15) is 5.60 Å². The average molecular weight is 624 g/mol. The number of anilines is 1. The Kier molecular flexibility index (Phi) is 10.7. The van der Waals surface area contributed by atoms with E-state index in [1.54, 1.807) is 14.2 Å². The summed E-state index contributed by atoms with van der Waals surface area (Å²) in [5.74, 6) is 0.839. The number of halogens is 1. The van der Waals surface area contributed by atoms with E-state index in [0.717, 1.165) is 21.2 Å². The number of carbonyl (C=O) groups excluding carboxylic acids is 2. The zero-order valence-electron chi connectivity index (χ0n) is 25.0. The van der Waals surface area contributed by atoms with Crippen LogP contribution in [0.4, 0.5) is 10.5 Å². The van der Waals surface area contributed by atoms with Crippen molar-refractivity contribution >= 4 is 41.9 Å². The van der Waals surface area contributed by atoms with Gasteiger partial charge in [-0.05, 0) is 90.2 Å². The molecule has 8 nitrogen and oxygen atoms in total. The van der Waals surface area contributed by atoms with Crippen LogP contribution in [0.1, 0.15) is 60.1 Å². The first kappa shape index (κ1) is 32.6. The Hall–Kier alpha value is -2.56. The topological polar surface area (TPSA) is 95.1 Å². The molecule has 216 valence electrons. The molecule has 0 bridgehead atoms. The third-order valence-electron chi connectivity index (χ3n) is 6.60. The molecule has 2 aromatic rings. The number of nitrogens with one attached hydrogen (secondary N) is 2. The molecule has 0 spiro atoms. The lowest BCUT2D eigenvalue weighted by molar-refractivity contribution is -0.114. The lowest BCUT2D eigenvalue weighted by atomic mass is 9.97. The Morgan fingerprint density at radius 3 is 2.15 bits per heavy atom. The van der Waals surface area contributed by atoms with Gasteiger partial charge in [0.15, 0.2) is 19.8 Å². The van der Waals surface area contributed by atoms with Crippen LogP contribution in [0.15, 0.2) is 34.8 Å². The molecule has 2 aromatic carbocycles. The molecule has 0 fully saturated rings. The van der Waals surface area contributed by atoms with E-state index < -0.39 is 26.1 Å². The van der Waals surface area contributed by atoms with Crippen LogP contribution in [0, 0.1) is 0 Å². The minimum atomic E-state index is -2.14. The second-order valence-electron chi connectivity index (χ2n) is 11.9. The number of benzene rings is 2. The Morgan fingerprint density at radius 1 is 1.00 bits per heavy atom. The number of ether oxygens (including phenoxy) is 3. The molecule has 0 aliphatic carbocycles. The molecule has 0 heterocycles. The molecule has 0 saturated carbocycles. The number of hydrogen-bond acceptors (Lipinski definition) is 6. The number of alkyl carbamates (subject to hydrolysis) is 1. The molecule has 2 rings (SSSR count). The number of methoxy groups -OCH3 is 2.